The Hall–Kier alpha value is -0.450. The van der Waals surface area contributed by atoms with Gasteiger partial charge in [0.05, 0.1) is 0 Å². The van der Waals surface area contributed by atoms with Crippen LogP contribution >= 0.6 is 11.3 Å². The SMILES string of the molecule is N[C@@H](CCO)c1ccc(F)s1. The Morgan fingerprint density at radius 2 is 2.36 bits per heavy atom. The van der Waals surface area contributed by atoms with E-state index in [1.807, 2.05) is 0 Å². The van der Waals surface area contributed by atoms with Crippen LogP contribution in [0.25, 0.3) is 0 Å². The van der Waals surface area contributed by atoms with Gasteiger partial charge in [0.2, 0.25) is 0 Å². The van der Waals surface area contributed by atoms with Crippen molar-refractivity contribution in [3.63, 3.8) is 0 Å². The Kier molecular flexibility index (Phi) is 2.99. The molecule has 0 bridgehead atoms. The summed E-state index contributed by atoms with van der Waals surface area (Å²) in [6.45, 7) is 0.0423. The van der Waals surface area contributed by atoms with Crippen LogP contribution in [0, 0.1) is 5.13 Å². The van der Waals surface area contributed by atoms with Crippen LogP contribution in [0.4, 0.5) is 4.39 Å². The van der Waals surface area contributed by atoms with Gasteiger partial charge in [0.25, 0.3) is 0 Å². The monoisotopic (exact) mass is 175 g/mol. The van der Waals surface area contributed by atoms with Crippen LogP contribution in [-0.2, 0) is 0 Å². The largest absolute Gasteiger partial charge is 0.396 e. The molecule has 0 saturated carbocycles. The molecule has 4 heteroatoms. The fourth-order valence-corrected chi connectivity index (χ4v) is 1.58. The summed E-state index contributed by atoms with van der Waals surface area (Å²) in [7, 11) is 0. The molecule has 0 aliphatic carbocycles. The van der Waals surface area contributed by atoms with Gasteiger partial charge in [-0.2, -0.15) is 4.39 Å². The van der Waals surface area contributed by atoms with Gasteiger partial charge in [-0.25, -0.2) is 0 Å². The van der Waals surface area contributed by atoms with E-state index in [2.05, 4.69) is 0 Å². The molecule has 11 heavy (non-hydrogen) atoms. The summed E-state index contributed by atoms with van der Waals surface area (Å²) in [5, 5.41) is 8.31. The van der Waals surface area contributed by atoms with Crippen LogP contribution in [0.5, 0.6) is 0 Å². The lowest BCUT2D eigenvalue weighted by molar-refractivity contribution is 0.277. The van der Waals surface area contributed by atoms with Crippen molar-refractivity contribution < 1.29 is 9.50 Å². The molecular weight excluding hydrogens is 165 g/mol. The molecule has 1 rings (SSSR count). The van der Waals surface area contributed by atoms with Gasteiger partial charge in [0, 0.05) is 17.5 Å². The maximum atomic E-state index is 12.4. The predicted octanol–water partition coefficient (Wildman–Crippen LogP) is 1.27. The first-order valence-electron chi connectivity index (χ1n) is 3.35. The molecule has 1 aromatic rings. The Morgan fingerprint density at radius 3 is 2.82 bits per heavy atom. The van der Waals surface area contributed by atoms with Gasteiger partial charge in [0.15, 0.2) is 5.13 Å². The molecule has 3 N–H and O–H groups in total. The summed E-state index contributed by atoms with van der Waals surface area (Å²) in [5.41, 5.74) is 5.60. The van der Waals surface area contributed by atoms with E-state index in [1.54, 1.807) is 6.07 Å². The summed E-state index contributed by atoms with van der Waals surface area (Å²) in [5.74, 6) is 0. The zero-order valence-corrected chi connectivity index (χ0v) is 6.77. The highest BCUT2D eigenvalue weighted by atomic mass is 32.1. The third kappa shape index (κ3) is 2.25. The van der Waals surface area contributed by atoms with Crippen LogP contribution < -0.4 is 5.73 Å². The number of nitrogens with two attached hydrogens (primary N) is 1. The molecular formula is C7H10FNOS. The van der Waals surface area contributed by atoms with Crippen molar-refractivity contribution in [2.24, 2.45) is 5.73 Å². The number of thiophene rings is 1. The average Bonchev–Trinajstić information content (AvgIpc) is 2.36. The maximum Gasteiger partial charge on any atom is 0.176 e. The minimum atomic E-state index is -0.228. The predicted molar refractivity (Wildman–Crippen MR) is 42.9 cm³/mol. The van der Waals surface area contributed by atoms with E-state index in [0.29, 0.717) is 6.42 Å². The second-order valence-corrected chi connectivity index (χ2v) is 3.33. The zero-order valence-electron chi connectivity index (χ0n) is 5.96. The molecule has 1 atom stereocenters. The number of hydrogen-bond acceptors (Lipinski definition) is 3. The number of halogens is 1. The first kappa shape index (κ1) is 8.64. The van der Waals surface area contributed by atoms with Crippen molar-refractivity contribution in [1.82, 2.24) is 0 Å². The summed E-state index contributed by atoms with van der Waals surface area (Å²) < 4.78 is 12.4. The highest BCUT2D eigenvalue weighted by molar-refractivity contribution is 7.10. The number of hydrogen-bond donors (Lipinski definition) is 2. The second kappa shape index (κ2) is 3.80. The fraction of sp³-hybridized carbons (Fsp3) is 0.429. The van der Waals surface area contributed by atoms with Gasteiger partial charge in [-0.1, -0.05) is 0 Å². The molecule has 0 radical (unpaired) electrons. The van der Waals surface area contributed by atoms with E-state index < -0.39 is 0 Å². The van der Waals surface area contributed by atoms with Crippen LogP contribution in [0.2, 0.25) is 0 Å². The van der Waals surface area contributed by atoms with Crippen LogP contribution in [0.1, 0.15) is 17.3 Å². The summed E-state index contributed by atoms with van der Waals surface area (Å²) in [4.78, 5) is 0.788. The smallest absolute Gasteiger partial charge is 0.176 e. The Labute approximate surface area is 68.5 Å². The lowest BCUT2D eigenvalue weighted by Gasteiger charge is -2.05. The molecule has 0 spiro atoms. The molecule has 0 aromatic carbocycles. The Morgan fingerprint density at radius 1 is 1.64 bits per heavy atom. The average molecular weight is 175 g/mol. The molecule has 2 nitrogen and oxygen atoms in total. The molecule has 0 unspecified atom stereocenters. The topological polar surface area (TPSA) is 46.2 Å². The lowest BCUT2D eigenvalue weighted by atomic mass is 10.2. The van der Waals surface area contributed by atoms with Crippen molar-refractivity contribution in [1.29, 1.82) is 0 Å². The minimum Gasteiger partial charge on any atom is -0.396 e. The first-order chi connectivity index (χ1) is 5.24. The fourth-order valence-electron chi connectivity index (χ4n) is 0.809. The van der Waals surface area contributed by atoms with Gasteiger partial charge in [-0.15, -0.1) is 11.3 Å². The number of aliphatic hydroxyl groups is 1. The van der Waals surface area contributed by atoms with Gasteiger partial charge < -0.3 is 10.8 Å². The van der Waals surface area contributed by atoms with E-state index in [-0.39, 0.29) is 17.8 Å². The van der Waals surface area contributed by atoms with E-state index in [1.165, 1.54) is 6.07 Å². The van der Waals surface area contributed by atoms with E-state index in [0.717, 1.165) is 16.2 Å². The van der Waals surface area contributed by atoms with E-state index in [4.69, 9.17) is 10.8 Å². The van der Waals surface area contributed by atoms with Crippen LogP contribution in [-0.4, -0.2) is 11.7 Å². The van der Waals surface area contributed by atoms with Crippen LogP contribution in [0.3, 0.4) is 0 Å². The first-order valence-corrected chi connectivity index (χ1v) is 4.17. The van der Waals surface area contributed by atoms with Crippen molar-refractivity contribution >= 4 is 11.3 Å². The van der Waals surface area contributed by atoms with Gasteiger partial charge >= 0.3 is 0 Å². The Balaban J connectivity index is 2.60. The van der Waals surface area contributed by atoms with E-state index >= 15 is 0 Å². The molecule has 1 aromatic heterocycles. The molecule has 62 valence electrons. The maximum absolute atomic E-state index is 12.4. The summed E-state index contributed by atoms with van der Waals surface area (Å²) in [6, 6.07) is 2.81. The standard InChI is InChI=1S/C7H10FNOS/c8-7-2-1-6(11-7)5(9)3-4-10/h1-2,5,10H,3-4,9H2/t5-/m0/s1. The summed E-state index contributed by atoms with van der Waals surface area (Å²) in [6.07, 6.45) is 0.486. The molecule has 0 aliphatic rings. The van der Waals surface area contributed by atoms with Gasteiger partial charge in [0.1, 0.15) is 0 Å². The highest BCUT2D eigenvalue weighted by Gasteiger charge is 2.07. The van der Waals surface area contributed by atoms with Gasteiger partial charge in [-0.05, 0) is 18.6 Å². The number of aliphatic hydroxyl groups excluding tert-OH is 1. The third-order valence-electron chi connectivity index (χ3n) is 1.40. The van der Waals surface area contributed by atoms with Crippen molar-refractivity contribution in [2.75, 3.05) is 6.61 Å². The molecule has 1 heterocycles. The second-order valence-electron chi connectivity index (χ2n) is 2.26. The molecule has 0 saturated heterocycles. The quantitative estimate of drug-likeness (QED) is 0.726. The number of rotatable bonds is 3. The van der Waals surface area contributed by atoms with E-state index in [9.17, 15) is 4.39 Å². The zero-order chi connectivity index (χ0) is 8.27. The van der Waals surface area contributed by atoms with Crippen molar-refractivity contribution in [2.45, 2.75) is 12.5 Å². The molecule has 0 fully saturated rings. The van der Waals surface area contributed by atoms with Gasteiger partial charge in [-0.3, -0.25) is 0 Å². The Bertz CT molecular complexity index is 226. The van der Waals surface area contributed by atoms with Crippen molar-refractivity contribution in [3.8, 4) is 0 Å². The normalized spacial score (nSPS) is 13.4. The van der Waals surface area contributed by atoms with Crippen LogP contribution in [0.15, 0.2) is 12.1 Å². The van der Waals surface area contributed by atoms with Crippen molar-refractivity contribution in [3.05, 3.63) is 22.1 Å². The highest BCUT2D eigenvalue weighted by Crippen LogP contribution is 2.21. The molecule has 0 amide bonds. The lowest BCUT2D eigenvalue weighted by Crippen LogP contribution is -2.09. The third-order valence-corrected chi connectivity index (χ3v) is 2.41. The molecule has 0 aliphatic heterocycles. The summed E-state index contributed by atoms with van der Waals surface area (Å²) >= 11 is 1.03. The minimum absolute atomic E-state index is 0.0423.